The highest BCUT2D eigenvalue weighted by Gasteiger charge is 2.56. The molecule has 1 amide bonds. The van der Waals surface area contributed by atoms with Gasteiger partial charge in [0.2, 0.25) is 0 Å². The maximum Gasteiger partial charge on any atom is 0.355 e. The third-order valence-electron chi connectivity index (χ3n) is 12.0. The highest BCUT2D eigenvalue weighted by Crippen LogP contribution is 2.54. The fourth-order valence-corrected chi connectivity index (χ4v) is 8.98. The Kier molecular flexibility index (Phi) is 11.7. The molecule has 7 atom stereocenters. The second-order valence-corrected chi connectivity index (χ2v) is 15.5. The number of aliphatic carboxylic acids is 1. The van der Waals surface area contributed by atoms with E-state index in [0.717, 1.165) is 60.1 Å². The average Bonchev–Trinajstić information content (AvgIpc) is 3.80. The number of hydrogen-bond acceptors (Lipinski definition) is 13. The molecule has 1 saturated heterocycles. The van der Waals surface area contributed by atoms with Gasteiger partial charge in [0.15, 0.2) is 17.6 Å². The van der Waals surface area contributed by atoms with E-state index in [9.17, 15) is 50.4 Å². The predicted molar refractivity (Wildman–Crippen MR) is 212 cm³/mol. The van der Waals surface area contributed by atoms with Crippen LogP contribution in [-0.2, 0) is 26.2 Å². The molecule has 1 saturated carbocycles. The lowest BCUT2D eigenvalue weighted by Crippen LogP contribution is -2.67. The first kappa shape index (κ1) is 41.0. The molecule has 7 rings (SSSR count). The predicted octanol–water partition coefficient (Wildman–Crippen LogP) is 3.29. The first-order valence-electron chi connectivity index (χ1n) is 19.6. The summed E-state index contributed by atoms with van der Waals surface area (Å²) in [7, 11) is 0. The van der Waals surface area contributed by atoms with Gasteiger partial charge in [0, 0.05) is 30.0 Å². The quantitative estimate of drug-likeness (QED) is 0.0973. The number of aliphatic hydroxyl groups is 5. The van der Waals surface area contributed by atoms with E-state index >= 15 is 0 Å². The number of aliphatic imine (C=N–C) groups is 2. The molecule has 3 heterocycles. The molecule has 0 spiro atoms. The Bertz CT molecular complexity index is 2110. The van der Waals surface area contributed by atoms with Gasteiger partial charge >= 0.3 is 11.9 Å². The van der Waals surface area contributed by atoms with E-state index in [1.807, 2.05) is 37.3 Å². The van der Waals surface area contributed by atoms with Crippen molar-refractivity contribution in [3.8, 4) is 17.2 Å². The molecule has 7 unspecified atom stereocenters. The van der Waals surface area contributed by atoms with Gasteiger partial charge in [0.25, 0.3) is 5.91 Å². The SMILES string of the molecule is CCC1=NCN=C1Cc1cc(C=CC(=O)N2c3cc(OC4(O)OC(CO)C(O)C(O)C4O)c(O)cc3C(CC3(c4ccccc4)CCCCC3)C2C(=O)O)ccc1O. The number of anilines is 1. The summed E-state index contributed by atoms with van der Waals surface area (Å²) in [5.41, 5.74) is 3.70. The van der Waals surface area contributed by atoms with Gasteiger partial charge in [-0.25, -0.2) is 4.79 Å². The number of aromatic hydroxyl groups is 2. The lowest BCUT2D eigenvalue weighted by atomic mass is 9.63. The van der Waals surface area contributed by atoms with Crippen molar-refractivity contribution in [1.82, 2.24) is 0 Å². The maximum absolute atomic E-state index is 14.4. The van der Waals surface area contributed by atoms with Gasteiger partial charge in [-0.1, -0.05) is 62.6 Å². The first-order valence-corrected chi connectivity index (χ1v) is 19.6. The second kappa shape index (κ2) is 16.6. The number of rotatable bonds is 12. The van der Waals surface area contributed by atoms with Gasteiger partial charge in [0.05, 0.1) is 23.7 Å². The Morgan fingerprint density at radius 1 is 0.948 bits per heavy atom. The zero-order chi connectivity index (χ0) is 41.4. The number of carboxylic acid groups (broad SMARTS) is 1. The molecule has 0 radical (unpaired) electrons. The molecule has 308 valence electrons. The summed E-state index contributed by atoms with van der Waals surface area (Å²) in [4.78, 5) is 37.8. The van der Waals surface area contributed by atoms with Gasteiger partial charge in [-0.05, 0) is 72.1 Å². The van der Waals surface area contributed by atoms with Gasteiger partial charge in [-0.3, -0.25) is 19.7 Å². The van der Waals surface area contributed by atoms with Crippen molar-refractivity contribution < 1.29 is 59.9 Å². The van der Waals surface area contributed by atoms with Crippen LogP contribution in [0.2, 0.25) is 0 Å². The molecule has 8 N–H and O–H groups in total. The molecule has 0 aromatic heterocycles. The number of benzene rings is 3. The van der Waals surface area contributed by atoms with E-state index < -0.39 is 77.7 Å². The van der Waals surface area contributed by atoms with Crippen LogP contribution in [0.1, 0.15) is 80.0 Å². The van der Waals surface area contributed by atoms with Gasteiger partial charge < -0.3 is 50.3 Å². The van der Waals surface area contributed by atoms with E-state index in [4.69, 9.17) is 9.47 Å². The summed E-state index contributed by atoms with van der Waals surface area (Å²) in [6, 6.07) is 15.6. The molecular weight excluding hydrogens is 750 g/mol. The normalized spacial score (nSPS) is 27.9. The van der Waals surface area contributed by atoms with Crippen LogP contribution < -0.4 is 9.64 Å². The number of hydrogen-bond donors (Lipinski definition) is 8. The van der Waals surface area contributed by atoms with E-state index in [0.29, 0.717) is 42.6 Å². The Morgan fingerprint density at radius 2 is 1.67 bits per heavy atom. The molecule has 58 heavy (non-hydrogen) atoms. The summed E-state index contributed by atoms with van der Waals surface area (Å²) >= 11 is 0. The van der Waals surface area contributed by atoms with E-state index in [1.165, 1.54) is 24.3 Å². The Labute approximate surface area is 334 Å². The third-order valence-corrected chi connectivity index (χ3v) is 12.0. The zero-order valence-corrected chi connectivity index (χ0v) is 32.0. The number of carbonyl (C=O) groups excluding carboxylic acids is 1. The molecule has 1 aliphatic carbocycles. The summed E-state index contributed by atoms with van der Waals surface area (Å²) in [5, 5.41) is 85.4. The lowest BCUT2D eigenvalue weighted by molar-refractivity contribution is -0.422. The number of phenolic OH excluding ortho intramolecular Hbond substituents is 2. The van der Waals surface area contributed by atoms with Crippen molar-refractivity contribution in [3.63, 3.8) is 0 Å². The van der Waals surface area contributed by atoms with Crippen LogP contribution >= 0.6 is 0 Å². The van der Waals surface area contributed by atoms with Crippen molar-refractivity contribution in [2.45, 2.75) is 106 Å². The smallest absolute Gasteiger partial charge is 0.355 e. The largest absolute Gasteiger partial charge is 0.508 e. The highest BCUT2D eigenvalue weighted by molar-refractivity contribution is 6.43. The Hall–Kier alpha value is -5.16. The van der Waals surface area contributed by atoms with Crippen molar-refractivity contribution in [1.29, 1.82) is 0 Å². The molecule has 15 nitrogen and oxygen atoms in total. The summed E-state index contributed by atoms with van der Waals surface area (Å²) in [6.07, 6.45) is 0.755. The number of carbonyl (C=O) groups is 2. The molecule has 15 heteroatoms. The van der Waals surface area contributed by atoms with Crippen molar-refractivity contribution in [2.75, 3.05) is 18.2 Å². The average molecular weight is 800 g/mol. The molecule has 3 aromatic rings. The minimum Gasteiger partial charge on any atom is -0.508 e. The zero-order valence-electron chi connectivity index (χ0n) is 32.0. The Morgan fingerprint density at radius 3 is 2.36 bits per heavy atom. The summed E-state index contributed by atoms with van der Waals surface area (Å²) in [5.74, 6) is -7.06. The maximum atomic E-state index is 14.4. The van der Waals surface area contributed by atoms with Gasteiger partial charge in [0.1, 0.15) is 36.8 Å². The minimum atomic E-state index is -3.10. The van der Waals surface area contributed by atoms with Crippen molar-refractivity contribution in [2.24, 2.45) is 9.98 Å². The van der Waals surface area contributed by atoms with Crippen molar-refractivity contribution in [3.05, 3.63) is 89.0 Å². The molecule has 3 aliphatic heterocycles. The number of fused-ring (bicyclic) bond motifs is 1. The van der Waals surface area contributed by atoms with Crippen LogP contribution in [0.15, 0.2) is 76.7 Å². The number of phenols is 2. The fraction of sp³-hybridized carbons (Fsp3) is 0.442. The standard InChI is InChI=1S/C43H49N3O12/c1-2-29-30(45-23-44-29)18-25-17-24(11-13-32(25)48)12-14-36(50)46-31-20-34(57-43(56)40(53)39(52)38(51)35(22-47)58-43)33(49)19-27(31)28(37(46)41(54)55)21-42(15-7-4-8-16-42)26-9-5-3-6-10-26/h3,5-6,9-14,17,19-20,28,35,37-40,47-49,51-53,56H,2,4,7-8,15-16,18,21-23H2,1H3,(H,54,55). The number of nitrogens with zero attached hydrogens (tertiary/aromatic N) is 3. The van der Waals surface area contributed by atoms with E-state index in [1.54, 1.807) is 12.1 Å². The van der Waals surface area contributed by atoms with Crippen molar-refractivity contribution >= 4 is 35.1 Å². The van der Waals surface area contributed by atoms with Crippen LogP contribution in [0.25, 0.3) is 6.08 Å². The monoisotopic (exact) mass is 799 g/mol. The van der Waals surface area contributed by atoms with Crippen LogP contribution in [0.3, 0.4) is 0 Å². The minimum absolute atomic E-state index is 0.0410. The molecule has 0 bridgehead atoms. The second-order valence-electron chi connectivity index (χ2n) is 15.5. The van der Waals surface area contributed by atoms with Crippen LogP contribution in [0.5, 0.6) is 17.2 Å². The third kappa shape index (κ3) is 7.73. The molecule has 3 aromatic carbocycles. The van der Waals surface area contributed by atoms with Crippen LogP contribution in [-0.4, -0.2) is 114 Å². The van der Waals surface area contributed by atoms with E-state index in [2.05, 4.69) is 9.98 Å². The number of carboxylic acids is 1. The molecular formula is C43H49N3O12. The topological polar surface area (TPSA) is 242 Å². The van der Waals surface area contributed by atoms with E-state index in [-0.39, 0.29) is 11.4 Å². The van der Waals surface area contributed by atoms with Crippen LogP contribution in [0.4, 0.5) is 5.69 Å². The summed E-state index contributed by atoms with van der Waals surface area (Å²) < 4.78 is 10.9. The highest BCUT2D eigenvalue weighted by atomic mass is 16.8. The lowest BCUT2D eigenvalue weighted by Gasteiger charge is -2.44. The Balaban J connectivity index is 1.28. The number of aliphatic hydroxyl groups excluding tert-OH is 4. The number of ether oxygens (including phenoxy) is 2. The van der Waals surface area contributed by atoms with Gasteiger partial charge in [-0.15, -0.1) is 0 Å². The molecule has 4 aliphatic rings. The number of amides is 1. The first-order chi connectivity index (χ1) is 27.8. The fourth-order valence-electron chi connectivity index (χ4n) is 8.98. The van der Waals surface area contributed by atoms with Gasteiger partial charge in [-0.2, -0.15) is 0 Å². The summed E-state index contributed by atoms with van der Waals surface area (Å²) in [6.45, 7) is 1.42. The van der Waals surface area contributed by atoms with Crippen LogP contribution in [0, 0.1) is 0 Å². The molecule has 2 fully saturated rings.